The smallest absolute Gasteiger partial charge is 0.306 e. The van der Waals surface area contributed by atoms with Crippen molar-refractivity contribution in [1.82, 2.24) is 0 Å². The standard InChI is InChI=1S/C29H40ClNO6/c1-7-23(34)36-15-22(33)29(37-24(35)8-2)16(3)11-19-25-20(30)13-17-12-18(31-6)9-10-27(17,4)26(25)21(32)14-28(19,29)5/h9-10,12,16,19-21,25-26,32H,7-8,11,13-15H2,1-6H3/t16-,19+,20-,21+,25-,26+,27+,28+,29+/m1/s1. The molecule has 9 atom stereocenters. The zero-order chi connectivity index (χ0) is 27.3. The van der Waals surface area contributed by atoms with Crippen LogP contribution in [0.2, 0.25) is 0 Å². The number of carbonyl (C=O) groups excluding carboxylic acids is 3. The average molecular weight is 534 g/mol. The van der Waals surface area contributed by atoms with Gasteiger partial charge in [0.1, 0.15) is 0 Å². The zero-order valence-electron chi connectivity index (χ0n) is 22.8. The SMILES string of the molecule is CCC(=O)OCC(=O)[C@@]1(OC(=O)CC)[C@H](C)C[C@H]2[C@H]3[C@H]([C@@H](O)C[C@@]21C)[C@@]1(C)C=CC(=NC)C=C1C[C@H]3Cl. The van der Waals surface area contributed by atoms with E-state index in [1.807, 2.05) is 19.9 Å². The summed E-state index contributed by atoms with van der Waals surface area (Å²) in [6.45, 7) is 8.94. The molecule has 0 amide bonds. The highest BCUT2D eigenvalue weighted by Crippen LogP contribution is 2.69. The third kappa shape index (κ3) is 4.12. The number of aliphatic hydroxyl groups is 1. The van der Waals surface area contributed by atoms with Gasteiger partial charge in [-0.05, 0) is 43.3 Å². The second-order valence-electron chi connectivity index (χ2n) is 11.7. The molecule has 0 aromatic carbocycles. The summed E-state index contributed by atoms with van der Waals surface area (Å²) in [6, 6.07) is 0. The number of esters is 2. The van der Waals surface area contributed by atoms with Crippen LogP contribution in [-0.4, -0.2) is 59.3 Å². The summed E-state index contributed by atoms with van der Waals surface area (Å²) in [5, 5.41) is 11.6. The number of carbonyl (C=O) groups is 3. The maximum atomic E-state index is 13.9. The normalized spacial score (nSPS) is 43.4. The van der Waals surface area contributed by atoms with E-state index in [1.165, 1.54) is 0 Å². The molecule has 8 heteroatoms. The summed E-state index contributed by atoms with van der Waals surface area (Å²) in [6.07, 6.45) is 7.28. The summed E-state index contributed by atoms with van der Waals surface area (Å²) in [5.74, 6) is -2.04. The van der Waals surface area contributed by atoms with Gasteiger partial charge < -0.3 is 14.6 Å². The van der Waals surface area contributed by atoms with Crippen LogP contribution in [0.1, 0.15) is 66.7 Å². The van der Waals surface area contributed by atoms with Gasteiger partial charge in [0.05, 0.1) is 11.8 Å². The summed E-state index contributed by atoms with van der Waals surface area (Å²) in [7, 11) is 1.76. The van der Waals surface area contributed by atoms with Crippen molar-refractivity contribution in [3.63, 3.8) is 0 Å². The van der Waals surface area contributed by atoms with Crippen LogP contribution in [0.5, 0.6) is 0 Å². The van der Waals surface area contributed by atoms with Gasteiger partial charge in [-0.15, -0.1) is 11.6 Å². The van der Waals surface area contributed by atoms with E-state index in [-0.39, 0.29) is 53.7 Å². The number of hydrogen-bond acceptors (Lipinski definition) is 7. The number of halogens is 1. The predicted octanol–water partition coefficient (Wildman–Crippen LogP) is 4.44. The molecule has 4 rings (SSSR count). The monoisotopic (exact) mass is 533 g/mol. The molecular formula is C29H40ClNO6. The second kappa shape index (κ2) is 9.96. The van der Waals surface area contributed by atoms with Gasteiger partial charge in [0.15, 0.2) is 12.2 Å². The number of rotatable bonds is 6. The molecule has 3 saturated carbocycles. The van der Waals surface area contributed by atoms with E-state index >= 15 is 0 Å². The molecule has 0 aliphatic heterocycles. The molecule has 0 aromatic rings. The number of hydrogen-bond donors (Lipinski definition) is 1. The van der Waals surface area contributed by atoms with Gasteiger partial charge in [-0.25, -0.2) is 0 Å². The van der Waals surface area contributed by atoms with Gasteiger partial charge in [-0.1, -0.05) is 46.3 Å². The Hall–Kier alpha value is -1.99. The van der Waals surface area contributed by atoms with Gasteiger partial charge in [0, 0.05) is 47.9 Å². The van der Waals surface area contributed by atoms with Crippen LogP contribution >= 0.6 is 11.6 Å². The molecule has 0 saturated heterocycles. The lowest BCUT2D eigenvalue weighted by Gasteiger charge is -2.61. The molecule has 204 valence electrons. The first-order valence-corrected chi connectivity index (χ1v) is 13.9. The fourth-order valence-corrected chi connectivity index (χ4v) is 8.68. The van der Waals surface area contributed by atoms with E-state index in [0.717, 1.165) is 11.3 Å². The Kier molecular flexibility index (Phi) is 7.54. The van der Waals surface area contributed by atoms with Crippen LogP contribution in [0.4, 0.5) is 0 Å². The fourth-order valence-electron chi connectivity index (χ4n) is 8.19. The van der Waals surface area contributed by atoms with Crippen molar-refractivity contribution in [2.24, 2.45) is 39.5 Å². The number of aliphatic hydroxyl groups excluding tert-OH is 1. The van der Waals surface area contributed by atoms with E-state index in [4.69, 9.17) is 21.1 Å². The Morgan fingerprint density at radius 1 is 1.19 bits per heavy atom. The average Bonchev–Trinajstić information content (AvgIpc) is 3.08. The second-order valence-corrected chi connectivity index (χ2v) is 12.3. The molecule has 4 aliphatic rings. The van der Waals surface area contributed by atoms with Crippen molar-refractivity contribution in [2.45, 2.75) is 83.8 Å². The van der Waals surface area contributed by atoms with E-state index < -0.39 is 41.4 Å². The van der Waals surface area contributed by atoms with Gasteiger partial charge in [-0.3, -0.25) is 19.4 Å². The molecule has 3 fully saturated rings. The van der Waals surface area contributed by atoms with Gasteiger partial charge >= 0.3 is 11.9 Å². The Morgan fingerprint density at radius 3 is 2.49 bits per heavy atom. The maximum absolute atomic E-state index is 13.9. The third-order valence-corrected chi connectivity index (χ3v) is 10.4. The maximum Gasteiger partial charge on any atom is 0.306 e. The highest BCUT2D eigenvalue weighted by atomic mass is 35.5. The van der Waals surface area contributed by atoms with Crippen LogP contribution in [0.25, 0.3) is 0 Å². The number of Topliss-reactive ketones (excluding diaryl/α,β-unsaturated/α-hetero) is 1. The third-order valence-electron chi connectivity index (χ3n) is 9.92. The quantitative estimate of drug-likeness (QED) is 0.400. The van der Waals surface area contributed by atoms with Gasteiger partial charge in [-0.2, -0.15) is 0 Å². The molecule has 0 bridgehead atoms. The first kappa shape index (κ1) is 28.0. The highest BCUT2D eigenvalue weighted by molar-refractivity contribution is 6.21. The van der Waals surface area contributed by atoms with Crippen molar-refractivity contribution in [1.29, 1.82) is 0 Å². The number of ketones is 1. The number of ether oxygens (including phenoxy) is 2. The summed E-state index contributed by atoms with van der Waals surface area (Å²) in [5.41, 5.74) is -0.718. The largest absolute Gasteiger partial charge is 0.457 e. The first-order valence-electron chi connectivity index (χ1n) is 13.5. The van der Waals surface area contributed by atoms with Crippen LogP contribution < -0.4 is 0 Å². The van der Waals surface area contributed by atoms with Crippen LogP contribution in [0.3, 0.4) is 0 Å². The van der Waals surface area contributed by atoms with Crippen molar-refractivity contribution in [2.75, 3.05) is 13.7 Å². The molecule has 0 spiro atoms. The molecule has 0 aromatic heterocycles. The molecule has 4 aliphatic carbocycles. The van der Waals surface area contributed by atoms with E-state index in [1.54, 1.807) is 20.9 Å². The lowest BCUT2D eigenvalue weighted by molar-refractivity contribution is -0.205. The zero-order valence-corrected chi connectivity index (χ0v) is 23.5. The lowest BCUT2D eigenvalue weighted by Crippen LogP contribution is -2.65. The number of fused-ring (bicyclic) bond motifs is 5. The highest BCUT2D eigenvalue weighted by Gasteiger charge is 2.73. The first-order chi connectivity index (χ1) is 17.4. The molecule has 37 heavy (non-hydrogen) atoms. The van der Waals surface area contributed by atoms with Gasteiger partial charge in [0.25, 0.3) is 0 Å². The number of nitrogens with zero attached hydrogens (tertiary/aromatic N) is 1. The van der Waals surface area contributed by atoms with E-state index in [0.29, 0.717) is 12.8 Å². The minimum atomic E-state index is -1.51. The Balaban J connectivity index is 1.79. The number of allylic oxidation sites excluding steroid dienone is 4. The van der Waals surface area contributed by atoms with Crippen LogP contribution in [-0.2, 0) is 23.9 Å². The Bertz CT molecular complexity index is 1070. The molecule has 1 N–H and O–H groups in total. The van der Waals surface area contributed by atoms with Crippen molar-refractivity contribution in [3.05, 3.63) is 23.8 Å². The Labute approximate surface area is 224 Å². The Morgan fingerprint density at radius 2 is 1.86 bits per heavy atom. The van der Waals surface area contributed by atoms with Crippen LogP contribution in [0.15, 0.2) is 28.8 Å². The fraction of sp³-hybridized carbons (Fsp3) is 0.724. The number of aliphatic imine (C=N–C) groups is 1. The molecular weight excluding hydrogens is 494 g/mol. The lowest BCUT2D eigenvalue weighted by atomic mass is 9.46. The van der Waals surface area contributed by atoms with E-state index in [2.05, 4.69) is 24.1 Å². The van der Waals surface area contributed by atoms with Crippen molar-refractivity contribution >= 4 is 35.0 Å². The van der Waals surface area contributed by atoms with Crippen molar-refractivity contribution in [3.8, 4) is 0 Å². The number of alkyl halides is 1. The molecule has 7 nitrogen and oxygen atoms in total. The summed E-state index contributed by atoms with van der Waals surface area (Å²) in [4.78, 5) is 42.9. The minimum absolute atomic E-state index is 0.0677. The topological polar surface area (TPSA) is 102 Å². The molecule has 0 heterocycles. The van der Waals surface area contributed by atoms with Gasteiger partial charge in [0.2, 0.25) is 5.78 Å². The summed E-state index contributed by atoms with van der Waals surface area (Å²) >= 11 is 7.15. The van der Waals surface area contributed by atoms with Crippen molar-refractivity contribution < 1.29 is 29.0 Å². The molecule has 0 radical (unpaired) electrons. The van der Waals surface area contributed by atoms with E-state index in [9.17, 15) is 19.5 Å². The predicted molar refractivity (Wildman–Crippen MR) is 141 cm³/mol. The minimum Gasteiger partial charge on any atom is -0.457 e. The van der Waals surface area contributed by atoms with Crippen LogP contribution in [0, 0.1) is 34.5 Å². The summed E-state index contributed by atoms with van der Waals surface area (Å²) < 4.78 is 11.4. The molecule has 0 unspecified atom stereocenters.